The second kappa shape index (κ2) is 6.80. The van der Waals surface area contributed by atoms with Crippen molar-refractivity contribution < 1.29 is 13.2 Å². The maximum Gasteiger partial charge on any atom is 0.256 e. The van der Waals surface area contributed by atoms with Gasteiger partial charge in [-0.15, -0.1) is 14.6 Å². The van der Waals surface area contributed by atoms with E-state index in [-0.39, 0.29) is 17.6 Å². The molecule has 5 heterocycles. The Morgan fingerprint density at radius 2 is 1.90 bits per heavy atom. The molecule has 9 nitrogen and oxygen atoms in total. The normalized spacial score (nSPS) is 21.7. The molecule has 2 aromatic heterocycles. The van der Waals surface area contributed by atoms with E-state index in [1.54, 1.807) is 23.3 Å². The number of hydrogen-bond donors (Lipinski definition) is 0. The fraction of sp³-hybridized carbons (Fsp3) is 0.368. The van der Waals surface area contributed by atoms with Crippen LogP contribution in [0.1, 0.15) is 24.6 Å². The number of piperidine rings is 1. The van der Waals surface area contributed by atoms with E-state index in [1.807, 2.05) is 33.7 Å². The van der Waals surface area contributed by atoms with Crippen LogP contribution in [0.4, 0.5) is 0 Å². The number of sulfonamides is 1. The number of carbonyl (C=O) groups is 1. The first-order chi connectivity index (χ1) is 14.0. The summed E-state index contributed by atoms with van der Waals surface area (Å²) in [7, 11) is -3.40. The van der Waals surface area contributed by atoms with E-state index in [2.05, 4.69) is 14.6 Å². The van der Waals surface area contributed by atoms with Gasteiger partial charge in [-0.25, -0.2) is 8.42 Å². The Balaban J connectivity index is 1.27. The molecule has 0 spiro atoms. The summed E-state index contributed by atoms with van der Waals surface area (Å²) < 4.78 is 29.0. The first-order valence-corrected chi connectivity index (χ1v) is 11.2. The highest BCUT2D eigenvalue weighted by Gasteiger charge is 2.30. The van der Waals surface area contributed by atoms with E-state index in [1.165, 1.54) is 0 Å². The monoisotopic (exact) mass is 412 g/mol. The minimum Gasteiger partial charge on any atom is -0.339 e. The summed E-state index contributed by atoms with van der Waals surface area (Å²) in [5.41, 5.74) is 1.38. The van der Waals surface area contributed by atoms with Gasteiger partial charge in [0.2, 0.25) is 0 Å². The topological polar surface area (TPSA) is 100 Å². The summed E-state index contributed by atoms with van der Waals surface area (Å²) in [6.45, 7) is 1.60. The Hall–Kier alpha value is -3.01. The van der Waals surface area contributed by atoms with Crippen molar-refractivity contribution in [2.45, 2.75) is 18.8 Å². The molecule has 0 radical (unpaired) electrons. The van der Waals surface area contributed by atoms with Crippen molar-refractivity contribution in [3.63, 3.8) is 0 Å². The van der Waals surface area contributed by atoms with Gasteiger partial charge >= 0.3 is 0 Å². The third kappa shape index (κ3) is 3.33. The molecule has 0 bridgehead atoms. The number of pyridine rings is 1. The Morgan fingerprint density at radius 3 is 2.72 bits per heavy atom. The second-order valence-electron chi connectivity index (χ2n) is 7.40. The number of hydrogen-bond acceptors (Lipinski definition) is 6. The first kappa shape index (κ1) is 18.0. The molecule has 1 fully saturated rings. The van der Waals surface area contributed by atoms with Crippen molar-refractivity contribution in [2.24, 2.45) is 4.40 Å². The molecule has 5 rings (SSSR count). The average molecular weight is 412 g/mol. The average Bonchev–Trinajstić information content (AvgIpc) is 3.16. The summed E-state index contributed by atoms with van der Waals surface area (Å²) in [6, 6.07) is 5.83. The molecular weight excluding hydrogens is 392 g/mol. The predicted octanol–water partition coefficient (Wildman–Crippen LogP) is 0.933. The van der Waals surface area contributed by atoms with Crippen LogP contribution in [-0.2, 0) is 14.8 Å². The van der Waals surface area contributed by atoms with Crippen LogP contribution < -0.4 is 0 Å². The van der Waals surface area contributed by atoms with Crippen LogP contribution in [0.5, 0.6) is 0 Å². The Kier molecular flexibility index (Phi) is 4.23. The lowest BCUT2D eigenvalue weighted by atomic mass is 9.95. The van der Waals surface area contributed by atoms with Gasteiger partial charge in [-0.05, 0) is 37.1 Å². The van der Waals surface area contributed by atoms with E-state index in [0.29, 0.717) is 31.0 Å². The number of amidine groups is 1. The molecule has 3 aliphatic rings. The lowest BCUT2D eigenvalue weighted by molar-refractivity contribution is -0.127. The van der Waals surface area contributed by atoms with E-state index >= 15 is 0 Å². The number of likely N-dealkylation sites (tertiary alicyclic amines) is 1. The molecule has 1 amide bonds. The number of aromatic nitrogens is 3. The van der Waals surface area contributed by atoms with Gasteiger partial charge in [-0.3, -0.25) is 9.20 Å². The highest BCUT2D eigenvalue weighted by atomic mass is 32.2. The maximum absolute atomic E-state index is 12.9. The molecular formula is C19H20N6O3S. The van der Waals surface area contributed by atoms with Crippen molar-refractivity contribution in [3.05, 3.63) is 54.1 Å². The number of rotatable bonds is 2. The van der Waals surface area contributed by atoms with Crippen molar-refractivity contribution in [1.82, 2.24) is 24.4 Å². The fourth-order valence-corrected chi connectivity index (χ4v) is 4.96. The molecule has 3 aliphatic heterocycles. The fourth-order valence-electron chi connectivity index (χ4n) is 3.99. The number of amides is 1. The smallest absolute Gasteiger partial charge is 0.256 e. The van der Waals surface area contributed by atoms with Crippen LogP contribution >= 0.6 is 0 Å². The number of nitrogens with zero attached hydrogens (tertiary/aromatic N) is 6. The van der Waals surface area contributed by atoms with Crippen LogP contribution in [0.15, 0.2) is 52.7 Å². The maximum atomic E-state index is 12.9. The van der Waals surface area contributed by atoms with Crippen LogP contribution in [0.25, 0.3) is 5.65 Å². The Labute approximate surface area is 168 Å². The van der Waals surface area contributed by atoms with Gasteiger partial charge in [0.05, 0.1) is 11.3 Å². The zero-order valence-electron chi connectivity index (χ0n) is 15.7. The molecule has 1 saturated heterocycles. The minimum absolute atomic E-state index is 0.0417. The molecule has 0 saturated carbocycles. The number of fused-ring (bicyclic) bond motifs is 2. The lowest BCUT2D eigenvalue weighted by Crippen LogP contribution is -2.41. The zero-order chi connectivity index (χ0) is 20.0. The Bertz CT molecular complexity index is 1170. The summed E-state index contributed by atoms with van der Waals surface area (Å²) in [6.07, 6.45) is 8.57. The van der Waals surface area contributed by atoms with Gasteiger partial charge < -0.3 is 9.80 Å². The van der Waals surface area contributed by atoms with Crippen molar-refractivity contribution >= 4 is 27.4 Å². The highest BCUT2D eigenvalue weighted by molar-refractivity contribution is 7.90. The van der Waals surface area contributed by atoms with Gasteiger partial charge in [0, 0.05) is 37.9 Å². The zero-order valence-corrected chi connectivity index (χ0v) is 16.5. The Morgan fingerprint density at radius 1 is 1.07 bits per heavy atom. The van der Waals surface area contributed by atoms with Gasteiger partial charge in [-0.2, -0.15) is 0 Å². The van der Waals surface area contributed by atoms with Gasteiger partial charge in [0.15, 0.2) is 5.65 Å². The molecule has 0 aliphatic carbocycles. The molecule has 29 heavy (non-hydrogen) atoms. The summed E-state index contributed by atoms with van der Waals surface area (Å²) in [4.78, 5) is 16.5. The standard InChI is InChI=1S/C19H20N6O3S/c26-19(15-4-5-17-22-29(27,28)12-11-24(17)13-15)23-9-6-14(7-10-23)18-21-20-16-3-1-2-8-25(16)18/h1-5,8,13-14H,6-7,9-12H2. The molecule has 2 aromatic rings. The van der Waals surface area contributed by atoms with E-state index in [9.17, 15) is 13.2 Å². The van der Waals surface area contributed by atoms with Gasteiger partial charge in [0.1, 0.15) is 11.7 Å². The van der Waals surface area contributed by atoms with Gasteiger partial charge in [0.25, 0.3) is 15.9 Å². The number of carbonyl (C=O) groups excluding carboxylic acids is 1. The van der Waals surface area contributed by atoms with E-state index in [0.717, 1.165) is 24.3 Å². The summed E-state index contributed by atoms with van der Waals surface area (Å²) in [5.74, 6) is 1.49. The summed E-state index contributed by atoms with van der Waals surface area (Å²) >= 11 is 0. The van der Waals surface area contributed by atoms with Crippen molar-refractivity contribution in [3.8, 4) is 0 Å². The predicted molar refractivity (Wildman–Crippen MR) is 107 cm³/mol. The molecule has 10 heteroatoms. The highest BCUT2D eigenvalue weighted by Crippen LogP contribution is 2.28. The van der Waals surface area contributed by atoms with E-state index < -0.39 is 10.0 Å². The second-order valence-corrected chi connectivity index (χ2v) is 9.15. The van der Waals surface area contributed by atoms with Crippen LogP contribution in [0.3, 0.4) is 0 Å². The third-order valence-corrected chi connectivity index (χ3v) is 6.72. The van der Waals surface area contributed by atoms with Crippen LogP contribution in [0.2, 0.25) is 0 Å². The van der Waals surface area contributed by atoms with Crippen molar-refractivity contribution in [1.29, 1.82) is 0 Å². The quantitative estimate of drug-likeness (QED) is 0.728. The minimum atomic E-state index is -3.40. The molecule has 0 atom stereocenters. The summed E-state index contributed by atoms with van der Waals surface area (Å²) in [5, 5.41) is 8.58. The molecule has 0 unspecified atom stereocenters. The SMILES string of the molecule is O=C(C1=CN2CCS(=O)(=O)N=C2C=C1)N1CCC(c2nnc3ccccn23)CC1. The lowest BCUT2D eigenvalue weighted by Gasteiger charge is -2.33. The molecule has 0 N–H and O–H groups in total. The largest absolute Gasteiger partial charge is 0.339 e. The molecule has 150 valence electrons. The third-order valence-electron chi connectivity index (χ3n) is 5.56. The van der Waals surface area contributed by atoms with Crippen molar-refractivity contribution in [2.75, 3.05) is 25.4 Å². The first-order valence-electron chi connectivity index (χ1n) is 9.58. The van der Waals surface area contributed by atoms with E-state index in [4.69, 9.17) is 0 Å². The van der Waals surface area contributed by atoms with Crippen LogP contribution in [0, 0.1) is 0 Å². The van der Waals surface area contributed by atoms with Crippen LogP contribution in [-0.4, -0.2) is 69.9 Å². The van der Waals surface area contributed by atoms with Gasteiger partial charge in [-0.1, -0.05) is 6.07 Å². The molecule has 0 aromatic carbocycles.